The third-order valence-corrected chi connectivity index (χ3v) is 10.6. The second-order valence-electron chi connectivity index (χ2n) is 11.2. The smallest absolute Gasteiger partial charge is 0.240 e. The van der Waals surface area contributed by atoms with Crippen LogP contribution in [0.4, 0.5) is 27.7 Å². The standard InChI is InChI=1S/C35H36FN9O4S2/c1-22-11-12-27(21-31(22)36)32-33(44-42-23(2)25-13-17-29(18-14-25)50(46,47)37-4)40-35(39-28-9-7-6-8-10-28)41-34(32)45-43-24(3)26-15-19-30(20-16-26)51(48,49)38-5/h6-21,37-38H,1-5H3,(H3,39,40,41,44,45). The van der Waals surface area contributed by atoms with Gasteiger partial charge in [-0.25, -0.2) is 30.7 Å². The van der Waals surface area contributed by atoms with E-state index in [0.29, 0.717) is 44.9 Å². The Morgan fingerprint density at radius 3 is 1.57 bits per heavy atom. The zero-order valence-corrected chi connectivity index (χ0v) is 30.0. The highest BCUT2D eigenvalue weighted by atomic mass is 32.2. The fourth-order valence-electron chi connectivity index (χ4n) is 4.74. The topological polar surface area (TPSA) is 179 Å². The highest BCUT2D eigenvalue weighted by Gasteiger charge is 2.19. The molecule has 5 rings (SSSR count). The van der Waals surface area contributed by atoms with Crippen molar-refractivity contribution in [2.24, 2.45) is 10.2 Å². The van der Waals surface area contributed by atoms with Crippen molar-refractivity contribution >= 4 is 54.7 Å². The predicted octanol–water partition coefficient (Wildman–Crippen LogP) is 5.82. The van der Waals surface area contributed by atoms with Gasteiger partial charge in [0.1, 0.15) is 5.82 Å². The van der Waals surface area contributed by atoms with Gasteiger partial charge < -0.3 is 5.32 Å². The molecule has 0 unspecified atom stereocenters. The van der Waals surface area contributed by atoms with Crippen LogP contribution in [0.15, 0.2) is 117 Å². The van der Waals surface area contributed by atoms with Gasteiger partial charge in [-0.1, -0.05) is 54.6 Å². The molecule has 16 heteroatoms. The van der Waals surface area contributed by atoms with Crippen LogP contribution in [0.3, 0.4) is 0 Å². The predicted molar refractivity (Wildman–Crippen MR) is 199 cm³/mol. The number of rotatable bonds is 13. The molecule has 0 aliphatic carbocycles. The molecular weight excluding hydrogens is 694 g/mol. The minimum absolute atomic E-state index is 0.108. The Morgan fingerprint density at radius 1 is 0.667 bits per heavy atom. The van der Waals surface area contributed by atoms with Gasteiger partial charge in [0.25, 0.3) is 0 Å². The average Bonchev–Trinajstić information content (AvgIpc) is 3.14. The van der Waals surface area contributed by atoms with E-state index in [9.17, 15) is 16.8 Å². The Kier molecular flexibility index (Phi) is 11.2. The summed E-state index contributed by atoms with van der Waals surface area (Å²) >= 11 is 0. The van der Waals surface area contributed by atoms with Crippen molar-refractivity contribution < 1.29 is 21.2 Å². The first-order chi connectivity index (χ1) is 24.3. The van der Waals surface area contributed by atoms with Crippen LogP contribution in [0.1, 0.15) is 30.5 Å². The molecule has 1 aromatic heterocycles. The maximum Gasteiger partial charge on any atom is 0.240 e. The first kappa shape index (κ1) is 36.7. The minimum atomic E-state index is -3.62. The van der Waals surface area contributed by atoms with Crippen LogP contribution in [-0.4, -0.2) is 52.3 Å². The molecule has 13 nitrogen and oxygen atoms in total. The van der Waals surface area contributed by atoms with Crippen LogP contribution < -0.4 is 25.6 Å². The number of aromatic nitrogens is 2. The number of nitrogens with one attached hydrogen (secondary N) is 5. The maximum absolute atomic E-state index is 15.0. The van der Waals surface area contributed by atoms with Crippen LogP contribution in [-0.2, 0) is 20.0 Å². The molecule has 0 bridgehead atoms. The second kappa shape index (κ2) is 15.6. The zero-order valence-electron chi connectivity index (χ0n) is 28.4. The van der Waals surface area contributed by atoms with Crippen LogP contribution in [0.25, 0.3) is 11.1 Å². The van der Waals surface area contributed by atoms with E-state index in [4.69, 9.17) is 9.97 Å². The summed E-state index contributed by atoms with van der Waals surface area (Å²) in [6.07, 6.45) is 0. The number of anilines is 4. The third kappa shape index (κ3) is 8.79. The molecule has 0 aliphatic rings. The van der Waals surface area contributed by atoms with E-state index in [2.05, 4.69) is 35.8 Å². The van der Waals surface area contributed by atoms with Crippen molar-refractivity contribution in [1.82, 2.24) is 19.4 Å². The van der Waals surface area contributed by atoms with E-state index in [0.717, 1.165) is 0 Å². The molecule has 0 fully saturated rings. The van der Waals surface area contributed by atoms with E-state index in [-0.39, 0.29) is 27.4 Å². The molecule has 0 amide bonds. The van der Waals surface area contributed by atoms with Crippen LogP contribution in [0.5, 0.6) is 0 Å². The lowest BCUT2D eigenvalue weighted by atomic mass is 10.0. The first-order valence-electron chi connectivity index (χ1n) is 15.5. The normalized spacial score (nSPS) is 12.4. The molecule has 0 aliphatic heterocycles. The molecule has 0 atom stereocenters. The van der Waals surface area contributed by atoms with Crippen molar-refractivity contribution in [1.29, 1.82) is 0 Å². The van der Waals surface area contributed by atoms with Crippen molar-refractivity contribution in [2.75, 3.05) is 30.3 Å². The van der Waals surface area contributed by atoms with Crippen molar-refractivity contribution in [2.45, 2.75) is 30.6 Å². The molecule has 51 heavy (non-hydrogen) atoms. The summed E-state index contributed by atoms with van der Waals surface area (Å²) < 4.78 is 68.4. The summed E-state index contributed by atoms with van der Waals surface area (Å²) in [5.41, 5.74) is 10.2. The Hall–Kier alpha value is -5.55. The SMILES string of the molecule is CNS(=O)(=O)c1ccc(C(C)=NNc2nc(Nc3ccccc3)nc(NN=C(C)c3ccc(S(=O)(=O)NC)cc3)c2-c2ccc(C)c(F)c2)cc1. The van der Waals surface area contributed by atoms with Gasteiger partial charge in [0.05, 0.1) is 26.8 Å². The van der Waals surface area contributed by atoms with Crippen molar-refractivity contribution in [3.63, 3.8) is 0 Å². The van der Waals surface area contributed by atoms with Crippen LogP contribution in [0.2, 0.25) is 0 Å². The highest BCUT2D eigenvalue weighted by Crippen LogP contribution is 2.36. The quantitative estimate of drug-likeness (QED) is 0.0737. The van der Waals surface area contributed by atoms with Gasteiger partial charge >= 0.3 is 0 Å². The maximum atomic E-state index is 15.0. The van der Waals surface area contributed by atoms with Gasteiger partial charge in [0.15, 0.2) is 11.6 Å². The first-order valence-corrected chi connectivity index (χ1v) is 18.5. The van der Waals surface area contributed by atoms with Crippen LogP contribution >= 0.6 is 0 Å². The number of hydrazone groups is 2. The Balaban J connectivity index is 1.60. The van der Waals surface area contributed by atoms with Gasteiger partial charge in [-0.15, -0.1) is 0 Å². The summed E-state index contributed by atoms with van der Waals surface area (Å²) in [6, 6.07) is 26.4. The number of hydrogen-bond donors (Lipinski definition) is 5. The number of para-hydroxylation sites is 1. The van der Waals surface area contributed by atoms with E-state index >= 15 is 4.39 Å². The largest absolute Gasteiger partial charge is 0.324 e. The number of nitrogens with zero attached hydrogens (tertiary/aromatic N) is 4. The fraction of sp³-hybridized carbons (Fsp3) is 0.143. The molecule has 0 spiro atoms. The van der Waals surface area contributed by atoms with Crippen LogP contribution in [0, 0.1) is 12.7 Å². The lowest BCUT2D eigenvalue weighted by Crippen LogP contribution is -2.18. The lowest BCUT2D eigenvalue weighted by Gasteiger charge is -2.17. The zero-order chi connectivity index (χ0) is 36.8. The summed E-state index contributed by atoms with van der Waals surface area (Å²) in [6.45, 7) is 5.14. The van der Waals surface area contributed by atoms with Gasteiger partial charge in [-0.3, -0.25) is 10.9 Å². The molecule has 0 saturated carbocycles. The molecule has 1 heterocycles. The number of benzene rings is 4. The second-order valence-corrected chi connectivity index (χ2v) is 14.9. The highest BCUT2D eigenvalue weighted by molar-refractivity contribution is 7.89. The van der Waals surface area contributed by atoms with E-state index in [1.165, 1.54) is 44.4 Å². The summed E-state index contributed by atoms with van der Waals surface area (Å²) in [5, 5.41) is 12.3. The molecule has 5 N–H and O–H groups in total. The Bertz CT molecular complexity index is 2200. The summed E-state index contributed by atoms with van der Waals surface area (Å²) in [7, 11) is -4.55. The molecule has 5 aromatic rings. The number of aryl methyl sites for hydroxylation is 1. The average molecular weight is 730 g/mol. The fourth-order valence-corrected chi connectivity index (χ4v) is 6.20. The number of halogens is 1. The lowest BCUT2D eigenvalue weighted by molar-refractivity contribution is 0.586. The Labute approximate surface area is 296 Å². The molecule has 0 radical (unpaired) electrons. The van der Waals surface area contributed by atoms with Crippen molar-refractivity contribution in [3.05, 3.63) is 120 Å². The minimum Gasteiger partial charge on any atom is -0.324 e. The van der Waals surface area contributed by atoms with E-state index in [1.807, 2.05) is 30.3 Å². The summed E-state index contributed by atoms with van der Waals surface area (Å²) in [4.78, 5) is 9.62. The number of sulfonamides is 2. The van der Waals surface area contributed by atoms with Gasteiger partial charge in [-0.05, 0) is 99.6 Å². The van der Waals surface area contributed by atoms with Gasteiger partial charge in [0.2, 0.25) is 26.0 Å². The molecule has 4 aromatic carbocycles. The third-order valence-electron chi connectivity index (χ3n) is 7.76. The van der Waals surface area contributed by atoms with E-state index in [1.54, 1.807) is 57.2 Å². The van der Waals surface area contributed by atoms with Crippen molar-refractivity contribution in [3.8, 4) is 11.1 Å². The molecule has 0 saturated heterocycles. The van der Waals surface area contributed by atoms with Gasteiger partial charge in [-0.2, -0.15) is 20.2 Å². The summed E-state index contributed by atoms with van der Waals surface area (Å²) in [5.74, 6) is 0.143. The van der Waals surface area contributed by atoms with E-state index < -0.39 is 25.9 Å². The number of hydrogen-bond acceptors (Lipinski definition) is 11. The Morgan fingerprint density at radius 2 is 1.14 bits per heavy atom. The van der Waals surface area contributed by atoms with Gasteiger partial charge in [0, 0.05) is 5.69 Å². The molecular formula is C35H36FN9O4S2. The molecule has 264 valence electrons. The monoisotopic (exact) mass is 729 g/mol.